The molecule has 1 aliphatic heterocycles. The summed E-state index contributed by atoms with van der Waals surface area (Å²) in [5.74, 6) is 1.05. The number of hydrogen-bond acceptors (Lipinski definition) is 7. The zero-order valence-corrected chi connectivity index (χ0v) is 15.9. The predicted molar refractivity (Wildman–Crippen MR) is 107 cm³/mol. The summed E-state index contributed by atoms with van der Waals surface area (Å²) >= 11 is 6.04. The molecule has 1 atom stereocenters. The van der Waals surface area contributed by atoms with Gasteiger partial charge in [0.2, 0.25) is 5.95 Å². The second-order valence-corrected chi connectivity index (χ2v) is 6.88. The van der Waals surface area contributed by atoms with Crippen LogP contribution >= 0.6 is 11.6 Å². The summed E-state index contributed by atoms with van der Waals surface area (Å²) in [6, 6.07) is 14.3. The van der Waals surface area contributed by atoms with Crippen molar-refractivity contribution >= 4 is 23.2 Å². The van der Waals surface area contributed by atoms with Crippen LogP contribution in [0.1, 0.15) is 17.2 Å². The maximum Gasteiger partial charge on any atom is 0.288 e. The van der Waals surface area contributed by atoms with Gasteiger partial charge in [0, 0.05) is 16.1 Å². The van der Waals surface area contributed by atoms with Gasteiger partial charge in [0.15, 0.2) is 0 Å². The van der Waals surface area contributed by atoms with E-state index in [-0.39, 0.29) is 5.56 Å². The van der Waals surface area contributed by atoms with Crippen molar-refractivity contribution in [1.29, 1.82) is 0 Å². The number of nitrogens with zero attached hydrogens (tertiary/aromatic N) is 5. The van der Waals surface area contributed by atoms with Crippen LogP contribution in [0.3, 0.4) is 0 Å². The minimum atomic E-state index is -0.480. The number of rotatable bonds is 3. The van der Waals surface area contributed by atoms with Crippen LogP contribution in [0.4, 0.5) is 11.6 Å². The lowest BCUT2D eigenvalue weighted by Gasteiger charge is -2.28. The minimum Gasteiger partial charge on any atom is -0.497 e. The highest BCUT2D eigenvalue weighted by atomic mass is 35.5. The number of benzene rings is 2. The molecule has 3 heterocycles. The van der Waals surface area contributed by atoms with Crippen molar-refractivity contribution in [1.82, 2.24) is 30.4 Å². The molecular formula is C19H14ClN7O2. The van der Waals surface area contributed by atoms with Crippen molar-refractivity contribution in [3.05, 3.63) is 75.0 Å². The Bertz CT molecular complexity index is 1270. The van der Waals surface area contributed by atoms with Crippen LogP contribution < -0.4 is 15.6 Å². The fourth-order valence-electron chi connectivity index (χ4n) is 3.49. The molecule has 144 valence electrons. The number of H-pyrrole nitrogens is 1. The Morgan fingerprint density at radius 2 is 2.00 bits per heavy atom. The fraction of sp³-hybridized carbons (Fsp3) is 0.105. The minimum absolute atomic E-state index is 0.347. The first-order chi connectivity index (χ1) is 14.2. The summed E-state index contributed by atoms with van der Waals surface area (Å²) in [5.41, 5.74) is 2.89. The molecule has 10 heteroatoms. The van der Waals surface area contributed by atoms with E-state index in [1.54, 1.807) is 23.9 Å². The topological polar surface area (TPSA) is 111 Å². The maximum absolute atomic E-state index is 12.6. The van der Waals surface area contributed by atoms with Gasteiger partial charge in [-0.15, -0.1) is 0 Å². The standard InChI is InChI=1S/C19H14ClN7O2/c1-29-13-4-2-3-11(9-13)17-14-15(10-5-7-12(20)8-6-10)22-23-18(28)16(14)21-19-24-25-26-27(17)19/h2-9,17H,1H3,(H,23,28)(H,21,24,26)/t17-/m0/s1. The predicted octanol–water partition coefficient (Wildman–Crippen LogP) is 2.78. The van der Waals surface area contributed by atoms with Gasteiger partial charge < -0.3 is 10.1 Å². The van der Waals surface area contributed by atoms with Crippen LogP contribution in [0, 0.1) is 0 Å². The molecule has 1 aliphatic rings. The Kier molecular flexibility index (Phi) is 4.02. The molecule has 29 heavy (non-hydrogen) atoms. The first-order valence-electron chi connectivity index (χ1n) is 8.73. The van der Waals surface area contributed by atoms with E-state index in [9.17, 15) is 4.79 Å². The fourth-order valence-corrected chi connectivity index (χ4v) is 3.61. The van der Waals surface area contributed by atoms with Gasteiger partial charge >= 0.3 is 0 Å². The highest BCUT2D eigenvalue weighted by Crippen LogP contribution is 2.41. The van der Waals surface area contributed by atoms with Crippen molar-refractivity contribution in [3.63, 3.8) is 0 Å². The molecule has 0 bridgehead atoms. The molecule has 0 aliphatic carbocycles. The second kappa shape index (κ2) is 6.71. The number of hydrogen-bond donors (Lipinski definition) is 2. The molecule has 2 aromatic carbocycles. The lowest BCUT2D eigenvalue weighted by Crippen LogP contribution is -2.29. The van der Waals surface area contributed by atoms with E-state index < -0.39 is 6.04 Å². The Morgan fingerprint density at radius 1 is 1.17 bits per heavy atom. The molecule has 4 aromatic rings. The zero-order valence-electron chi connectivity index (χ0n) is 15.1. The van der Waals surface area contributed by atoms with Crippen molar-refractivity contribution in [2.75, 3.05) is 12.4 Å². The van der Waals surface area contributed by atoms with Crippen LogP contribution in [0.15, 0.2) is 53.3 Å². The summed E-state index contributed by atoms with van der Waals surface area (Å²) in [6.07, 6.45) is 0. The molecule has 0 saturated carbocycles. The molecule has 0 radical (unpaired) electrons. The van der Waals surface area contributed by atoms with E-state index >= 15 is 0 Å². The Hall–Kier alpha value is -3.72. The SMILES string of the molecule is COc1cccc([C@H]2c3c(-c4ccc(Cl)cc4)n[nH]c(=O)c3Nc3nnnn32)c1. The van der Waals surface area contributed by atoms with Gasteiger partial charge in [0.1, 0.15) is 17.5 Å². The summed E-state index contributed by atoms with van der Waals surface area (Å²) < 4.78 is 7.00. The number of anilines is 2. The average molecular weight is 408 g/mol. The van der Waals surface area contributed by atoms with Crippen molar-refractivity contribution in [2.24, 2.45) is 0 Å². The third kappa shape index (κ3) is 2.83. The van der Waals surface area contributed by atoms with Gasteiger partial charge in [0.05, 0.1) is 12.8 Å². The number of tetrazole rings is 1. The van der Waals surface area contributed by atoms with Crippen molar-refractivity contribution < 1.29 is 4.74 Å². The van der Waals surface area contributed by atoms with Gasteiger partial charge in [-0.25, -0.2) is 5.10 Å². The van der Waals surface area contributed by atoms with Gasteiger partial charge in [-0.05, 0) is 40.3 Å². The van der Waals surface area contributed by atoms with E-state index in [0.29, 0.717) is 33.7 Å². The van der Waals surface area contributed by atoms with Crippen LogP contribution in [0.25, 0.3) is 11.3 Å². The van der Waals surface area contributed by atoms with E-state index in [4.69, 9.17) is 16.3 Å². The van der Waals surface area contributed by atoms with Crippen LogP contribution in [-0.2, 0) is 0 Å². The quantitative estimate of drug-likeness (QED) is 0.473. The molecule has 2 N–H and O–H groups in total. The first-order valence-corrected chi connectivity index (χ1v) is 9.11. The number of methoxy groups -OCH3 is 1. The van der Waals surface area contributed by atoms with Gasteiger partial charge in [-0.3, -0.25) is 4.79 Å². The van der Waals surface area contributed by atoms with Crippen molar-refractivity contribution in [3.8, 4) is 17.0 Å². The van der Waals surface area contributed by atoms with E-state index in [0.717, 1.165) is 11.1 Å². The third-order valence-electron chi connectivity index (χ3n) is 4.80. The van der Waals surface area contributed by atoms with Gasteiger partial charge in [-0.2, -0.15) is 9.78 Å². The molecule has 0 amide bonds. The van der Waals surface area contributed by atoms with E-state index in [1.807, 2.05) is 36.4 Å². The van der Waals surface area contributed by atoms with E-state index in [2.05, 4.69) is 31.0 Å². The van der Waals surface area contributed by atoms with Gasteiger partial charge in [0.25, 0.3) is 5.56 Å². The number of aromatic amines is 1. The average Bonchev–Trinajstić information content (AvgIpc) is 3.22. The maximum atomic E-state index is 12.6. The Labute approximate surface area is 169 Å². The lowest BCUT2D eigenvalue weighted by molar-refractivity contribution is 0.413. The summed E-state index contributed by atoms with van der Waals surface area (Å²) in [4.78, 5) is 12.6. The largest absolute Gasteiger partial charge is 0.497 e. The second-order valence-electron chi connectivity index (χ2n) is 6.45. The molecule has 2 aromatic heterocycles. The Balaban J connectivity index is 1.81. The smallest absolute Gasteiger partial charge is 0.288 e. The molecule has 0 unspecified atom stereocenters. The summed E-state index contributed by atoms with van der Waals surface area (Å²) in [5, 5.41) is 22.4. The third-order valence-corrected chi connectivity index (χ3v) is 5.05. The molecule has 0 spiro atoms. The number of aromatic nitrogens is 6. The number of fused-ring (bicyclic) bond motifs is 2. The van der Waals surface area contributed by atoms with E-state index in [1.165, 1.54) is 0 Å². The summed E-state index contributed by atoms with van der Waals surface area (Å²) in [7, 11) is 1.60. The van der Waals surface area contributed by atoms with Gasteiger partial charge in [-0.1, -0.05) is 41.0 Å². The molecule has 9 nitrogen and oxygen atoms in total. The molecule has 0 fully saturated rings. The summed E-state index contributed by atoms with van der Waals surface area (Å²) in [6.45, 7) is 0. The first kappa shape index (κ1) is 17.4. The van der Waals surface area contributed by atoms with Crippen molar-refractivity contribution in [2.45, 2.75) is 6.04 Å². The molecular weight excluding hydrogens is 394 g/mol. The Morgan fingerprint density at radius 3 is 2.79 bits per heavy atom. The number of halogens is 1. The van der Waals surface area contributed by atoms with Crippen LogP contribution in [0.2, 0.25) is 5.02 Å². The number of nitrogens with one attached hydrogen (secondary N) is 2. The van der Waals surface area contributed by atoms with Crippen LogP contribution in [0.5, 0.6) is 5.75 Å². The number of ether oxygens (including phenoxy) is 1. The van der Waals surface area contributed by atoms with Crippen LogP contribution in [-0.4, -0.2) is 37.5 Å². The monoisotopic (exact) mass is 407 g/mol. The normalized spacial score (nSPS) is 14.6. The lowest BCUT2D eigenvalue weighted by atomic mass is 9.92. The molecule has 5 rings (SSSR count). The highest BCUT2D eigenvalue weighted by molar-refractivity contribution is 6.30. The molecule has 0 saturated heterocycles. The zero-order chi connectivity index (χ0) is 20.0. The highest BCUT2D eigenvalue weighted by Gasteiger charge is 2.34.